The minimum absolute atomic E-state index is 0. The van der Waals surface area contributed by atoms with Gasteiger partial charge in [0.2, 0.25) is 0 Å². The third-order valence-corrected chi connectivity index (χ3v) is 1.64. The average molecular weight is 540 g/mol. The van der Waals surface area contributed by atoms with Crippen molar-refractivity contribution in [3.63, 3.8) is 0 Å². The van der Waals surface area contributed by atoms with E-state index in [0.717, 1.165) is 25.4 Å². The number of ether oxygens (including phenoxy) is 1. The van der Waals surface area contributed by atoms with Gasteiger partial charge in [0.05, 0.1) is 0 Å². The predicted molar refractivity (Wildman–Crippen MR) is 70.3 cm³/mol. The van der Waals surface area contributed by atoms with Gasteiger partial charge in [-0.1, -0.05) is 13.8 Å². The van der Waals surface area contributed by atoms with E-state index in [1.165, 1.54) is 40.5 Å². The van der Waals surface area contributed by atoms with Gasteiger partial charge in [-0.05, 0) is 38.8 Å². The van der Waals surface area contributed by atoms with Crippen LogP contribution in [0.4, 0.5) is 0 Å². The second-order valence-corrected chi connectivity index (χ2v) is 4.05. The summed E-state index contributed by atoms with van der Waals surface area (Å²) in [4.78, 5) is 20.0. The Bertz CT molecular complexity index is 290. The molecule has 0 N–H and O–H groups in total. The van der Waals surface area contributed by atoms with E-state index in [4.69, 9.17) is 4.74 Å². The van der Waals surface area contributed by atoms with Crippen molar-refractivity contribution in [3.8, 4) is 0 Å². The first-order valence-electron chi connectivity index (χ1n) is 6.05. The molecular formula is C14H22O7U-6. The molecule has 1 aliphatic rings. The molecule has 0 radical (unpaired) electrons. The van der Waals surface area contributed by atoms with E-state index < -0.39 is 0 Å². The van der Waals surface area contributed by atoms with Gasteiger partial charge in [-0.3, -0.25) is 9.59 Å². The first kappa shape index (κ1) is 33.1. The number of ketones is 2. The van der Waals surface area contributed by atoms with E-state index >= 15 is 0 Å². The van der Waals surface area contributed by atoms with E-state index in [1.807, 2.05) is 0 Å². The van der Waals surface area contributed by atoms with Crippen LogP contribution < -0.4 is 10.2 Å². The molecule has 1 rings (SSSR count). The van der Waals surface area contributed by atoms with Gasteiger partial charge < -0.3 is 25.9 Å². The summed E-state index contributed by atoms with van der Waals surface area (Å²) in [7, 11) is 0. The van der Waals surface area contributed by atoms with Crippen molar-refractivity contribution in [1.29, 1.82) is 0 Å². The first-order chi connectivity index (χ1) is 8.75. The maximum atomic E-state index is 9.98. The van der Waals surface area contributed by atoms with Crippen LogP contribution in [0.2, 0.25) is 0 Å². The van der Waals surface area contributed by atoms with E-state index in [0.29, 0.717) is 0 Å². The summed E-state index contributed by atoms with van der Waals surface area (Å²) in [5.41, 5.74) is 0. The second kappa shape index (κ2) is 22.6. The number of carbonyl (C=O) groups is 2. The summed E-state index contributed by atoms with van der Waals surface area (Å²) in [6.07, 6.45) is 4.67. The molecule has 0 spiro atoms. The molecule has 1 saturated heterocycles. The van der Waals surface area contributed by atoms with Gasteiger partial charge in [0.15, 0.2) is 11.6 Å². The molecule has 0 aromatic carbocycles. The van der Waals surface area contributed by atoms with Crippen LogP contribution >= 0.6 is 0 Å². The molecule has 1 heterocycles. The third kappa shape index (κ3) is 42.7. The Kier molecular flexibility index (Phi) is 34.0. The molecular weight excluding hydrogens is 518 g/mol. The van der Waals surface area contributed by atoms with Gasteiger partial charge in [-0.25, -0.2) is 0 Å². The summed E-state index contributed by atoms with van der Waals surface area (Å²) in [5, 5.41) is 20.0. The molecule has 0 saturated carbocycles. The van der Waals surface area contributed by atoms with Crippen molar-refractivity contribution in [2.75, 3.05) is 13.2 Å². The van der Waals surface area contributed by atoms with Crippen LogP contribution in [0.3, 0.4) is 0 Å². The molecule has 130 valence electrons. The van der Waals surface area contributed by atoms with Crippen LogP contribution in [0.15, 0.2) is 23.7 Å². The molecule has 1 aliphatic heterocycles. The minimum Gasteiger partial charge on any atom is -2.00 e. The number of hydrogen-bond acceptors (Lipinski definition) is 5. The molecule has 0 bridgehead atoms. The van der Waals surface area contributed by atoms with Crippen molar-refractivity contribution in [2.45, 2.75) is 40.5 Å². The molecule has 0 aliphatic carbocycles. The first-order valence-corrected chi connectivity index (χ1v) is 6.05. The van der Waals surface area contributed by atoms with E-state index in [2.05, 4.69) is 0 Å². The Hall–Kier alpha value is -0.648. The molecule has 0 atom stereocenters. The van der Waals surface area contributed by atoms with Gasteiger partial charge in [-0.15, -0.1) is 11.5 Å². The maximum absolute atomic E-state index is 9.98. The zero-order valence-corrected chi connectivity index (χ0v) is 17.5. The Balaban J connectivity index is -0.0000000620. The largest absolute Gasteiger partial charge is 2.00 e. The van der Waals surface area contributed by atoms with Crippen LogP contribution in [-0.2, 0) is 25.3 Å². The Morgan fingerprint density at radius 3 is 1.14 bits per heavy atom. The molecule has 1 fully saturated rings. The minimum atomic E-state index is -0.187. The molecule has 0 unspecified atom stereocenters. The van der Waals surface area contributed by atoms with E-state index in [1.54, 1.807) is 0 Å². The Morgan fingerprint density at radius 1 is 0.818 bits per heavy atom. The average Bonchev–Trinajstić information content (AvgIpc) is 2.70. The van der Waals surface area contributed by atoms with Gasteiger partial charge >= 0.3 is 0 Å². The zero-order valence-electron chi connectivity index (χ0n) is 13.3. The summed E-state index contributed by atoms with van der Waals surface area (Å²) in [6, 6.07) is 0. The van der Waals surface area contributed by atoms with Gasteiger partial charge in [-0.2, -0.15) is 0 Å². The third-order valence-electron chi connectivity index (χ3n) is 1.64. The number of hydrogen-bond donors (Lipinski definition) is 0. The van der Waals surface area contributed by atoms with E-state index in [-0.39, 0.29) is 65.2 Å². The molecule has 7 nitrogen and oxygen atoms in total. The van der Waals surface area contributed by atoms with E-state index in [9.17, 15) is 19.8 Å². The molecule has 8 heteroatoms. The van der Waals surface area contributed by atoms with Crippen molar-refractivity contribution < 1.29 is 66.6 Å². The summed E-state index contributed by atoms with van der Waals surface area (Å²) >= 11 is 0. The normalized spacial score (nSPS) is 12.7. The molecule has 22 heavy (non-hydrogen) atoms. The van der Waals surface area contributed by atoms with Gasteiger partial charge in [0, 0.05) is 44.3 Å². The van der Waals surface area contributed by atoms with Crippen molar-refractivity contribution in [1.82, 2.24) is 0 Å². The fraction of sp³-hybridized carbons (Fsp3) is 0.571. The molecule has 0 aromatic rings. The predicted octanol–water partition coefficient (Wildman–Crippen LogP) is 0.238. The quantitative estimate of drug-likeness (QED) is 0.364. The smallest absolute Gasteiger partial charge is 0.151 e. The fourth-order valence-electron chi connectivity index (χ4n) is 1.08. The zero-order chi connectivity index (χ0) is 15.3. The number of rotatable bonds is 2. The molecule has 0 amide bonds. The number of allylic oxidation sites excluding steroid dienone is 4. The van der Waals surface area contributed by atoms with Crippen molar-refractivity contribution in [2.24, 2.45) is 0 Å². The maximum Gasteiger partial charge on any atom is 0.151 e. The summed E-state index contributed by atoms with van der Waals surface area (Å²) in [6.45, 7) is 7.39. The Labute approximate surface area is 155 Å². The van der Waals surface area contributed by atoms with Crippen LogP contribution in [-0.4, -0.2) is 24.8 Å². The van der Waals surface area contributed by atoms with Crippen LogP contribution in [0.25, 0.3) is 0 Å². The standard InChI is InChI=1S/2C5H8O2.C4H8O.2O.U/c2*1-4(6)3-5(2)7;1-2-4-5-3-1;;;/h2*3,6H,1-2H3;1-4H2;;;/q;;;2*-2;/p-2/b2*4-3-;;;;. The topological polar surface area (TPSA) is 146 Å². The number of carbonyl (C=O) groups excluding carboxylic acids is 2. The Morgan fingerprint density at radius 2 is 1.09 bits per heavy atom. The summed E-state index contributed by atoms with van der Waals surface area (Å²) in [5.74, 6) is -0.750. The summed E-state index contributed by atoms with van der Waals surface area (Å²) < 4.78 is 4.94. The second-order valence-electron chi connectivity index (χ2n) is 4.05. The SMILES string of the molecule is C1CCOC1.CC(=O)/C=C(/C)[O-].CC(=O)/C=C(/C)[O-].[O-2].[O-2].[U]. The molecule has 0 aromatic heterocycles. The van der Waals surface area contributed by atoms with Crippen LogP contribution in [0.5, 0.6) is 0 Å². The van der Waals surface area contributed by atoms with Crippen molar-refractivity contribution >= 4 is 11.6 Å². The fourth-order valence-corrected chi connectivity index (χ4v) is 1.08. The monoisotopic (exact) mass is 540 g/mol. The van der Waals surface area contributed by atoms with Gasteiger partial charge in [0.1, 0.15) is 0 Å². The van der Waals surface area contributed by atoms with Crippen LogP contribution in [0, 0.1) is 31.1 Å². The van der Waals surface area contributed by atoms with Crippen molar-refractivity contribution in [3.05, 3.63) is 23.7 Å². The van der Waals surface area contributed by atoms with Crippen LogP contribution in [0.1, 0.15) is 40.5 Å². The van der Waals surface area contributed by atoms with Gasteiger partial charge in [0.25, 0.3) is 0 Å².